The lowest BCUT2D eigenvalue weighted by Crippen LogP contribution is -2.47. The SMILES string of the molecule is C[C@@H](C(=O)Nc1ccccc1C#N)N1C(=O)N[C@@](C)(c2ccccc2Br)C1=O. The number of carbonyl (C=O) groups excluding carboxylic acids is 3. The maximum absolute atomic E-state index is 13.1. The van der Waals surface area contributed by atoms with Gasteiger partial charge in [0.05, 0.1) is 11.3 Å². The Morgan fingerprint density at radius 1 is 1.21 bits per heavy atom. The molecule has 0 bridgehead atoms. The molecule has 7 nitrogen and oxygen atoms in total. The van der Waals surface area contributed by atoms with Gasteiger partial charge in [-0.25, -0.2) is 9.69 Å². The third-order valence-electron chi connectivity index (χ3n) is 4.71. The van der Waals surface area contributed by atoms with E-state index in [1.807, 2.05) is 6.07 Å². The highest BCUT2D eigenvalue weighted by molar-refractivity contribution is 9.10. The summed E-state index contributed by atoms with van der Waals surface area (Å²) in [5.41, 5.74) is -0.0879. The molecule has 4 amide bonds. The van der Waals surface area contributed by atoms with Gasteiger partial charge in [-0.1, -0.05) is 46.3 Å². The van der Waals surface area contributed by atoms with Crippen molar-refractivity contribution in [3.63, 3.8) is 0 Å². The molecule has 0 aliphatic carbocycles. The number of nitriles is 1. The summed E-state index contributed by atoms with van der Waals surface area (Å²) in [5.74, 6) is -1.09. The maximum Gasteiger partial charge on any atom is 0.326 e. The molecule has 2 atom stereocenters. The van der Waals surface area contributed by atoms with E-state index in [1.165, 1.54) is 6.92 Å². The van der Waals surface area contributed by atoms with E-state index in [0.29, 0.717) is 21.3 Å². The molecule has 1 aliphatic heterocycles. The van der Waals surface area contributed by atoms with Crippen molar-refractivity contribution in [3.05, 3.63) is 64.1 Å². The lowest BCUT2D eigenvalue weighted by molar-refractivity contribution is -0.136. The normalized spacial score (nSPS) is 19.7. The van der Waals surface area contributed by atoms with Gasteiger partial charge in [0.15, 0.2) is 0 Å². The van der Waals surface area contributed by atoms with Gasteiger partial charge >= 0.3 is 6.03 Å². The van der Waals surface area contributed by atoms with Gasteiger partial charge in [-0.15, -0.1) is 0 Å². The highest BCUT2D eigenvalue weighted by atomic mass is 79.9. The van der Waals surface area contributed by atoms with Crippen molar-refractivity contribution in [2.24, 2.45) is 0 Å². The predicted octanol–water partition coefficient (Wildman–Crippen LogP) is 3.11. The average Bonchev–Trinajstić information content (AvgIpc) is 2.91. The fourth-order valence-corrected chi connectivity index (χ4v) is 3.79. The lowest BCUT2D eigenvalue weighted by Gasteiger charge is -2.25. The zero-order chi connectivity index (χ0) is 20.5. The molecule has 0 saturated carbocycles. The molecule has 2 aromatic rings. The highest BCUT2D eigenvalue weighted by Crippen LogP contribution is 2.34. The van der Waals surface area contributed by atoms with Crippen molar-refractivity contribution in [2.45, 2.75) is 25.4 Å². The molecular formula is C20H17BrN4O3. The summed E-state index contributed by atoms with van der Waals surface area (Å²) in [6, 6.07) is 13.9. The van der Waals surface area contributed by atoms with Gasteiger partial charge in [-0.05, 0) is 32.0 Å². The first kappa shape index (κ1) is 19.6. The largest absolute Gasteiger partial charge is 0.326 e. The van der Waals surface area contributed by atoms with Crippen LogP contribution in [0.25, 0.3) is 0 Å². The molecule has 2 N–H and O–H groups in total. The van der Waals surface area contributed by atoms with Gasteiger partial charge in [0.1, 0.15) is 17.6 Å². The number of benzene rings is 2. The smallest absolute Gasteiger partial charge is 0.323 e. The van der Waals surface area contributed by atoms with Crippen molar-refractivity contribution in [1.29, 1.82) is 5.26 Å². The number of nitrogens with zero attached hydrogens (tertiary/aromatic N) is 2. The molecular weight excluding hydrogens is 424 g/mol. The Balaban J connectivity index is 1.86. The molecule has 0 aromatic heterocycles. The van der Waals surface area contributed by atoms with Gasteiger partial charge in [0, 0.05) is 10.0 Å². The number of amides is 4. The Bertz CT molecular complexity index is 1020. The molecule has 1 heterocycles. The predicted molar refractivity (Wildman–Crippen MR) is 106 cm³/mol. The van der Waals surface area contributed by atoms with Crippen molar-refractivity contribution >= 4 is 39.5 Å². The van der Waals surface area contributed by atoms with E-state index in [-0.39, 0.29) is 0 Å². The van der Waals surface area contributed by atoms with Crippen LogP contribution >= 0.6 is 15.9 Å². The summed E-state index contributed by atoms with van der Waals surface area (Å²) in [6.07, 6.45) is 0. The van der Waals surface area contributed by atoms with Gasteiger partial charge in [0.25, 0.3) is 5.91 Å². The quantitative estimate of drug-likeness (QED) is 0.712. The summed E-state index contributed by atoms with van der Waals surface area (Å²) >= 11 is 3.40. The summed E-state index contributed by atoms with van der Waals surface area (Å²) in [7, 11) is 0. The average molecular weight is 441 g/mol. The summed E-state index contributed by atoms with van der Waals surface area (Å²) in [5, 5.41) is 14.4. The summed E-state index contributed by atoms with van der Waals surface area (Å²) in [6.45, 7) is 3.07. The number of nitrogens with one attached hydrogen (secondary N) is 2. The van der Waals surface area contributed by atoms with E-state index in [9.17, 15) is 14.4 Å². The minimum Gasteiger partial charge on any atom is -0.323 e. The van der Waals surface area contributed by atoms with E-state index >= 15 is 0 Å². The molecule has 28 heavy (non-hydrogen) atoms. The number of carbonyl (C=O) groups is 3. The Morgan fingerprint density at radius 2 is 1.86 bits per heavy atom. The molecule has 8 heteroatoms. The summed E-state index contributed by atoms with van der Waals surface area (Å²) in [4.78, 5) is 39.2. The minimum absolute atomic E-state index is 0.290. The first-order chi connectivity index (χ1) is 13.3. The summed E-state index contributed by atoms with van der Waals surface area (Å²) < 4.78 is 0.674. The number of imide groups is 1. The van der Waals surface area contributed by atoms with E-state index in [4.69, 9.17) is 5.26 Å². The van der Waals surface area contributed by atoms with E-state index in [2.05, 4.69) is 26.6 Å². The first-order valence-electron chi connectivity index (χ1n) is 8.50. The Kier molecular flexibility index (Phi) is 5.21. The first-order valence-corrected chi connectivity index (χ1v) is 9.29. The molecule has 3 rings (SSSR count). The van der Waals surface area contributed by atoms with E-state index < -0.39 is 29.4 Å². The lowest BCUT2D eigenvalue weighted by atomic mass is 9.92. The fourth-order valence-electron chi connectivity index (χ4n) is 3.11. The number of rotatable bonds is 4. The second-order valence-corrected chi connectivity index (χ2v) is 7.39. The third kappa shape index (κ3) is 3.25. The number of halogens is 1. The van der Waals surface area contributed by atoms with Crippen LogP contribution in [0.4, 0.5) is 10.5 Å². The second kappa shape index (κ2) is 7.44. The van der Waals surface area contributed by atoms with Crippen molar-refractivity contribution in [1.82, 2.24) is 10.2 Å². The topological polar surface area (TPSA) is 102 Å². The maximum atomic E-state index is 13.1. The van der Waals surface area contributed by atoms with Crippen LogP contribution in [0, 0.1) is 11.3 Å². The Morgan fingerprint density at radius 3 is 2.54 bits per heavy atom. The van der Waals surface area contributed by atoms with Crippen molar-refractivity contribution in [2.75, 3.05) is 5.32 Å². The molecule has 0 spiro atoms. The number of para-hydroxylation sites is 1. The molecule has 142 valence electrons. The zero-order valence-corrected chi connectivity index (χ0v) is 16.8. The van der Waals surface area contributed by atoms with Gasteiger partial charge < -0.3 is 10.6 Å². The number of hydrogen-bond acceptors (Lipinski definition) is 4. The van der Waals surface area contributed by atoms with Gasteiger partial charge in [0.2, 0.25) is 5.91 Å². The highest BCUT2D eigenvalue weighted by Gasteiger charge is 2.52. The van der Waals surface area contributed by atoms with Crippen LogP contribution in [0.15, 0.2) is 53.0 Å². The zero-order valence-electron chi connectivity index (χ0n) is 15.2. The van der Waals surface area contributed by atoms with Crippen LogP contribution < -0.4 is 10.6 Å². The third-order valence-corrected chi connectivity index (χ3v) is 5.40. The number of hydrogen-bond donors (Lipinski definition) is 2. The molecule has 0 radical (unpaired) electrons. The Hall–Kier alpha value is -3.18. The van der Waals surface area contributed by atoms with Crippen LogP contribution in [0.2, 0.25) is 0 Å². The minimum atomic E-state index is -1.30. The van der Waals surface area contributed by atoms with Crippen LogP contribution in [0.3, 0.4) is 0 Å². The van der Waals surface area contributed by atoms with Gasteiger partial charge in [-0.2, -0.15) is 5.26 Å². The molecule has 1 aliphatic rings. The molecule has 0 unspecified atom stereocenters. The van der Waals surface area contributed by atoms with Crippen molar-refractivity contribution < 1.29 is 14.4 Å². The molecule has 1 saturated heterocycles. The standard InChI is InChI=1S/C20H17BrN4O3/c1-12(17(26)23-16-10-6-3-7-13(16)11-22)25-18(27)20(2,24-19(25)28)14-8-4-5-9-15(14)21/h3-10,12H,1-2H3,(H,23,26)(H,24,28)/t12-,20-/m0/s1. The van der Waals surface area contributed by atoms with Crippen LogP contribution in [-0.4, -0.2) is 28.8 Å². The van der Waals surface area contributed by atoms with Gasteiger partial charge in [-0.3, -0.25) is 9.59 Å². The van der Waals surface area contributed by atoms with E-state index in [0.717, 1.165) is 4.90 Å². The van der Waals surface area contributed by atoms with Crippen LogP contribution in [-0.2, 0) is 15.1 Å². The monoisotopic (exact) mass is 440 g/mol. The second-order valence-electron chi connectivity index (χ2n) is 6.53. The van der Waals surface area contributed by atoms with Crippen molar-refractivity contribution in [3.8, 4) is 6.07 Å². The van der Waals surface area contributed by atoms with Crippen LogP contribution in [0.5, 0.6) is 0 Å². The van der Waals surface area contributed by atoms with E-state index in [1.54, 1.807) is 55.5 Å². The Labute approximate surface area is 170 Å². The molecule has 2 aromatic carbocycles. The molecule has 1 fully saturated rings. The number of urea groups is 1. The fraction of sp³-hybridized carbons (Fsp3) is 0.200. The van der Waals surface area contributed by atoms with Crippen LogP contribution in [0.1, 0.15) is 25.0 Å². The number of anilines is 1.